The number of benzene rings is 1. The molecule has 2 rings (SSSR count). The van der Waals surface area contributed by atoms with Crippen molar-refractivity contribution in [2.24, 2.45) is 0 Å². The Morgan fingerprint density at radius 1 is 1.25 bits per heavy atom. The summed E-state index contributed by atoms with van der Waals surface area (Å²) in [6.45, 7) is 2.42. The molecule has 1 aromatic carbocycles. The van der Waals surface area contributed by atoms with Crippen molar-refractivity contribution < 1.29 is 9.15 Å². The smallest absolute Gasteiger partial charge is 0.134 e. The molecule has 0 unspecified atom stereocenters. The van der Waals surface area contributed by atoms with E-state index >= 15 is 0 Å². The zero-order valence-electron chi connectivity index (χ0n) is 11.4. The Morgan fingerprint density at radius 2 is 2.10 bits per heavy atom. The summed E-state index contributed by atoms with van der Waals surface area (Å²) in [6.07, 6.45) is 0.998. The lowest BCUT2D eigenvalue weighted by Crippen LogP contribution is -2.15. The summed E-state index contributed by atoms with van der Waals surface area (Å²) in [7, 11) is 1.71. The van der Waals surface area contributed by atoms with Gasteiger partial charge in [-0.15, -0.1) is 12.4 Å². The number of hydrogen-bond donors (Lipinski definition) is 1. The van der Waals surface area contributed by atoms with Crippen LogP contribution in [0.2, 0.25) is 5.02 Å². The molecule has 0 atom stereocenters. The fourth-order valence-electron chi connectivity index (χ4n) is 1.82. The highest BCUT2D eigenvalue weighted by atomic mass is 35.5. The Labute approximate surface area is 130 Å². The van der Waals surface area contributed by atoms with E-state index < -0.39 is 0 Å². The molecule has 0 saturated carbocycles. The van der Waals surface area contributed by atoms with Gasteiger partial charge >= 0.3 is 0 Å². The summed E-state index contributed by atoms with van der Waals surface area (Å²) >= 11 is 5.97. The van der Waals surface area contributed by atoms with E-state index in [0.717, 1.165) is 43.2 Å². The maximum Gasteiger partial charge on any atom is 0.134 e. The van der Waals surface area contributed by atoms with Gasteiger partial charge in [-0.05, 0) is 37.2 Å². The Morgan fingerprint density at radius 3 is 2.85 bits per heavy atom. The first kappa shape index (κ1) is 17.1. The zero-order valence-corrected chi connectivity index (χ0v) is 13.0. The van der Waals surface area contributed by atoms with Crippen LogP contribution in [0.3, 0.4) is 0 Å². The van der Waals surface area contributed by atoms with Gasteiger partial charge in [0, 0.05) is 24.3 Å². The lowest BCUT2D eigenvalue weighted by Gasteiger charge is -2.02. The van der Waals surface area contributed by atoms with E-state index in [1.807, 2.05) is 36.4 Å². The molecule has 0 saturated heterocycles. The molecule has 2 aromatic rings. The van der Waals surface area contributed by atoms with E-state index in [1.165, 1.54) is 0 Å². The third-order valence-electron chi connectivity index (χ3n) is 2.77. The van der Waals surface area contributed by atoms with E-state index in [-0.39, 0.29) is 12.4 Å². The molecule has 1 aromatic heterocycles. The number of nitrogens with one attached hydrogen (secondary N) is 1. The van der Waals surface area contributed by atoms with E-state index in [2.05, 4.69) is 5.32 Å². The molecule has 0 bridgehead atoms. The molecule has 5 heteroatoms. The highest BCUT2D eigenvalue weighted by Gasteiger charge is 2.04. The Kier molecular flexibility index (Phi) is 7.70. The highest BCUT2D eigenvalue weighted by Crippen LogP contribution is 2.24. The molecule has 0 fully saturated rings. The summed E-state index contributed by atoms with van der Waals surface area (Å²) in [6, 6.07) is 11.6. The normalized spacial score (nSPS) is 10.3. The Bertz CT molecular complexity index is 514. The van der Waals surface area contributed by atoms with E-state index in [1.54, 1.807) is 7.11 Å². The van der Waals surface area contributed by atoms with Gasteiger partial charge in [-0.25, -0.2) is 0 Å². The monoisotopic (exact) mass is 315 g/mol. The first-order valence-corrected chi connectivity index (χ1v) is 6.71. The maximum atomic E-state index is 5.97. The quantitative estimate of drug-likeness (QED) is 0.779. The summed E-state index contributed by atoms with van der Waals surface area (Å²) in [5.74, 6) is 1.77. The third kappa shape index (κ3) is 5.17. The molecule has 0 amide bonds. The number of methoxy groups -OCH3 is 1. The van der Waals surface area contributed by atoms with Crippen LogP contribution in [0.15, 0.2) is 40.8 Å². The van der Waals surface area contributed by atoms with Crippen LogP contribution in [0, 0.1) is 0 Å². The molecule has 0 aliphatic carbocycles. The highest BCUT2D eigenvalue weighted by molar-refractivity contribution is 6.30. The lowest BCUT2D eigenvalue weighted by atomic mass is 10.2. The molecule has 110 valence electrons. The van der Waals surface area contributed by atoms with Crippen molar-refractivity contribution in [3.63, 3.8) is 0 Å². The van der Waals surface area contributed by atoms with Crippen molar-refractivity contribution in [1.82, 2.24) is 5.32 Å². The average Bonchev–Trinajstić information content (AvgIpc) is 2.87. The molecule has 1 heterocycles. The minimum Gasteiger partial charge on any atom is -0.460 e. The van der Waals surface area contributed by atoms with Gasteiger partial charge in [-0.1, -0.05) is 23.7 Å². The number of rotatable bonds is 7. The molecule has 0 radical (unpaired) electrons. The van der Waals surface area contributed by atoms with Gasteiger partial charge in [-0.3, -0.25) is 0 Å². The molecular weight excluding hydrogens is 297 g/mol. The lowest BCUT2D eigenvalue weighted by molar-refractivity contribution is 0.194. The Hall–Kier alpha value is -1.000. The van der Waals surface area contributed by atoms with Crippen LogP contribution in [0.1, 0.15) is 12.2 Å². The van der Waals surface area contributed by atoms with Crippen molar-refractivity contribution in [2.75, 3.05) is 20.3 Å². The molecule has 0 aliphatic heterocycles. The van der Waals surface area contributed by atoms with Gasteiger partial charge in [-0.2, -0.15) is 0 Å². The zero-order chi connectivity index (χ0) is 13.5. The minimum absolute atomic E-state index is 0. The van der Waals surface area contributed by atoms with Crippen molar-refractivity contribution in [3.05, 3.63) is 47.2 Å². The molecule has 20 heavy (non-hydrogen) atoms. The number of hydrogen-bond acceptors (Lipinski definition) is 3. The topological polar surface area (TPSA) is 34.4 Å². The summed E-state index contributed by atoms with van der Waals surface area (Å²) in [4.78, 5) is 0. The maximum absolute atomic E-state index is 5.97. The average molecular weight is 316 g/mol. The van der Waals surface area contributed by atoms with Crippen LogP contribution in [-0.2, 0) is 11.3 Å². The second kappa shape index (κ2) is 9.03. The SMILES string of the molecule is COCCCNCc1ccc(-c2cccc(Cl)c2)o1.Cl. The van der Waals surface area contributed by atoms with E-state index in [4.69, 9.17) is 20.8 Å². The fraction of sp³-hybridized carbons (Fsp3) is 0.333. The molecule has 0 spiro atoms. The predicted octanol–water partition coefficient (Wildman–Crippen LogP) is 4.15. The van der Waals surface area contributed by atoms with Gasteiger partial charge in [0.1, 0.15) is 11.5 Å². The van der Waals surface area contributed by atoms with Crippen LogP contribution in [0.25, 0.3) is 11.3 Å². The fourth-order valence-corrected chi connectivity index (χ4v) is 2.01. The minimum atomic E-state index is 0. The third-order valence-corrected chi connectivity index (χ3v) is 3.01. The van der Waals surface area contributed by atoms with Gasteiger partial charge in [0.15, 0.2) is 0 Å². The van der Waals surface area contributed by atoms with Crippen LogP contribution < -0.4 is 5.32 Å². The van der Waals surface area contributed by atoms with Crippen molar-refractivity contribution in [1.29, 1.82) is 0 Å². The first-order valence-electron chi connectivity index (χ1n) is 6.34. The molecular formula is C15H19Cl2NO2. The second-order valence-corrected chi connectivity index (χ2v) is 4.74. The van der Waals surface area contributed by atoms with Crippen LogP contribution in [0.4, 0.5) is 0 Å². The van der Waals surface area contributed by atoms with Gasteiger partial charge in [0.25, 0.3) is 0 Å². The van der Waals surface area contributed by atoms with E-state index in [9.17, 15) is 0 Å². The summed E-state index contributed by atoms with van der Waals surface area (Å²) in [5, 5.41) is 4.03. The van der Waals surface area contributed by atoms with E-state index in [0.29, 0.717) is 5.02 Å². The van der Waals surface area contributed by atoms with Crippen LogP contribution >= 0.6 is 24.0 Å². The summed E-state index contributed by atoms with van der Waals surface area (Å²) in [5.41, 5.74) is 0.998. The number of furan rings is 1. The second-order valence-electron chi connectivity index (χ2n) is 4.30. The Balaban J connectivity index is 0.00000200. The number of ether oxygens (including phenoxy) is 1. The first-order chi connectivity index (χ1) is 9.29. The van der Waals surface area contributed by atoms with Crippen LogP contribution in [0.5, 0.6) is 0 Å². The summed E-state index contributed by atoms with van der Waals surface area (Å²) < 4.78 is 10.8. The molecule has 1 N–H and O–H groups in total. The van der Waals surface area contributed by atoms with Crippen molar-refractivity contribution in [3.8, 4) is 11.3 Å². The van der Waals surface area contributed by atoms with Crippen molar-refractivity contribution >= 4 is 24.0 Å². The van der Waals surface area contributed by atoms with Crippen molar-refractivity contribution in [2.45, 2.75) is 13.0 Å². The largest absolute Gasteiger partial charge is 0.460 e. The van der Waals surface area contributed by atoms with Crippen LogP contribution in [-0.4, -0.2) is 20.3 Å². The van der Waals surface area contributed by atoms with Gasteiger partial charge < -0.3 is 14.5 Å². The predicted molar refractivity (Wildman–Crippen MR) is 84.6 cm³/mol. The number of halogens is 2. The van der Waals surface area contributed by atoms with Gasteiger partial charge in [0.05, 0.1) is 6.54 Å². The standard InChI is InChI=1S/C15H18ClNO2.ClH/c1-18-9-3-8-17-11-14-6-7-15(19-14)12-4-2-5-13(16)10-12;/h2,4-7,10,17H,3,8-9,11H2,1H3;1H. The molecule has 0 aliphatic rings. The van der Waals surface area contributed by atoms with Gasteiger partial charge in [0.2, 0.25) is 0 Å². The molecule has 3 nitrogen and oxygen atoms in total.